The first kappa shape index (κ1) is 27.9. The first-order chi connectivity index (χ1) is 18.5. The number of halogens is 4. The number of anilines is 1. The van der Waals surface area contributed by atoms with E-state index in [1.165, 1.54) is 31.4 Å². The van der Waals surface area contributed by atoms with Gasteiger partial charge in [0.1, 0.15) is 28.6 Å². The highest BCUT2D eigenvalue weighted by Crippen LogP contribution is 2.43. The molecule has 9 nitrogen and oxygen atoms in total. The molecular formula is C26H27F4N5O4. The summed E-state index contributed by atoms with van der Waals surface area (Å²) < 4.78 is 67.1. The number of ether oxygens (including phenoxy) is 2. The molecule has 0 saturated carbocycles. The van der Waals surface area contributed by atoms with Crippen molar-refractivity contribution in [3.63, 3.8) is 0 Å². The van der Waals surface area contributed by atoms with Crippen molar-refractivity contribution in [3.8, 4) is 17.0 Å². The molecule has 5 N–H and O–H groups in total. The van der Waals surface area contributed by atoms with Crippen LogP contribution in [0.5, 0.6) is 5.75 Å². The average molecular weight is 550 g/mol. The van der Waals surface area contributed by atoms with Crippen molar-refractivity contribution in [2.45, 2.75) is 31.6 Å². The van der Waals surface area contributed by atoms with Gasteiger partial charge in [-0.3, -0.25) is 9.59 Å². The van der Waals surface area contributed by atoms with E-state index in [0.29, 0.717) is 15.8 Å². The Balaban J connectivity index is 1.59. The topological polar surface area (TPSA) is 134 Å². The average Bonchev–Trinajstić information content (AvgIpc) is 3.24. The molecule has 2 amide bonds. The molecule has 3 aromatic rings. The zero-order valence-corrected chi connectivity index (χ0v) is 20.9. The predicted octanol–water partition coefficient (Wildman–Crippen LogP) is 3.84. The number of carbonyl (C=O) groups excluding carboxylic acids is 2. The summed E-state index contributed by atoms with van der Waals surface area (Å²) in [6.07, 6.45) is -4.36. The molecule has 0 radical (unpaired) electrons. The van der Waals surface area contributed by atoms with Crippen LogP contribution in [0.25, 0.3) is 11.3 Å². The largest absolute Gasteiger partial charge is 0.496 e. The lowest BCUT2D eigenvalue weighted by molar-refractivity contribution is -0.189. The van der Waals surface area contributed by atoms with Gasteiger partial charge in [0.2, 0.25) is 0 Å². The summed E-state index contributed by atoms with van der Waals surface area (Å²) in [7, 11) is 1.36. The van der Waals surface area contributed by atoms with Gasteiger partial charge in [-0.25, -0.2) is 9.07 Å². The summed E-state index contributed by atoms with van der Waals surface area (Å²) in [6.45, 7) is 0.411. The molecule has 1 aliphatic heterocycles. The van der Waals surface area contributed by atoms with Crippen LogP contribution >= 0.6 is 0 Å². The lowest BCUT2D eigenvalue weighted by atomic mass is 9.91. The molecule has 0 spiro atoms. The standard InChI is InChI=1S/C26H27F4N5O4/c1-38-19-7-6-17(27)12-18(19)25(37)33-13-14-2-4-15(5-3-14)21-20(24(32)36)23(31)35(34-21)22(26(28,29)30)16-8-10-39-11-9-16/h2-7,12,16,22H,8-11,13,31H2,1H3,(H2,32,36)(H,33,37). The molecule has 1 aromatic heterocycles. The Morgan fingerprint density at radius 3 is 2.44 bits per heavy atom. The monoisotopic (exact) mass is 549 g/mol. The van der Waals surface area contributed by atoms with Gasteiger partial charge in [-0.05, 0) is 42.5 Å². The third-order valence-corrected chi connectivity index (χ3v) is 6.59. The minimum atomic E-state index is -4.68. The lowest BCUT2D eigenvalue weighted by Gasteiger charge is -2.32. The van der Waals surface area contributed by atoms with E-state index in [0.717, 1.165) is 6.07 Å². The Bertz CT molecular complexity index is 1350. The van der Waals surface area contributed by atoms with Gasteiger partial charge in [0.15, 0.2) is 6.04 Å². The number of aromatic nitrogens is 2. The summed E-state index contributed by atoms with van der Waals surface area (Å²) in [6, 6.07) is 7.76. The zero-order chi connectivity index (χ0) is 28.3. The van der Waals surface area contributed by atoms with Crippen molar-refractivity contribution < 1.29 is 36.6 Å². The number of rotatable bonds is 8. The van der Waals surface area contributed by atoms with E-state index in [1.54, 1.807) is 12.1 Å². The SMILES string of the molecule is COc1ccc(F)cc1C(=O)NCc1ccc(-c2nn(C(C3CCOCC3)C(F)(F)F)c(N)c2C(N)=O)cc1. The second kappa shape index (κ2) is 11.3. The number of nitrogen functional groups attached to an aromatic ring is 1. The molecule has 1 aliphatic rings. The first-order valence-corrected chi connectivity index (χ1v) is 12.0. The van der Waals surface area contributed by atoms with Gasteiger partial charge in [-0.15, -0.1) is 0 Å². The maximum Gasteiger partial charge on any atom is 0.411 e. The summed E-state index contributed by atoms with van der Waals surface area (Å²) in [5, 5.41) is 6.78. The zero-order valence-electron chi connectivity index (χ0n) is 20.9. The van der Waals surface area contributed by atoms with Crippen LogP contribution in [0.2, 0.25) is 0 Å². The molecule has 4 rings (SSSR count). The van der Waals surface area contributed by atoms with Crippen molar-refractivity contribution in [1.29, 1.82) is 0 Å². The fourth-order valence-electron chi connectivity index (χ4n) is 4.66. The van der Waals surface area contributed by atoms with Crippen LogP contribution in [0.3, 0.4) is 0 Å². The number of primary amides is 1. The number of amides is 2. The molecule has 13 heteroatoms. The minimum Gasteiger partial charge on any atom is -0.496 e. The molecule has 0 bridgehead atoms. The van der Waals surface area contributed by atoms with Crippen LogP contribution < -0.4 is 21.5 Å². The van der Waals surface area contributed by atoms with E-state index in [-0.39, 0.29) is 55.2 Å². The maximum atomic E-state index is 14.2. The van der Waals surface area contributed by atoms with E-state index in [2.05, 4.69) is 10.4 Å². The van der Waals surface area contributed by atoms with Crippen LogP contribution in [-0.2, 0) is 11.3 Å². The van der Waals surface area contributed by atoms with Gasteiger partial charge in [0.25, 0.3) is 11.8 Å². The quantitative estimate of drug-likeness (QED) is 0.366. The van der Waals surface area contributed by atoms with Crippen LogP contribution in [0.4, 0.5) is 23.4 Å². The van der Waals surface area contributed by atoms with Gasteiger partial charge < -0.3 is 26.3 Å². The van der Waals surface area contributed by atoms with Crippen LogP contribution in [0.15, 0.2) is 42.5 Å². The van der Waals surface area contributed by atoms with Gasteiger partial charge in [0.05, 0.1) is 12.7 Å². The van der Waals surface area contributed by atoms with Crippen molar-refractivity contribution in [1.82, 2.24) is 15.1 Å². The fraction of sp³-hybridized carbons (Fsp3) is 0.346. The Morgan fingerprint density at radius 1 is 1.18 bits per heavy atom. The number of nitrogens with one attached hydrogen (secondary N) is 1. The molecule has 2 aromatic carbocycles. The number of hydrogen-bond donors (Lipinski definition) is 3. The Morgan fingerprint density at radius 2 is 1.85 bits per heavy atom. The highest BCUT2D eigenvalue weighted by molar-refractivity contribution is 6.03. The maximum absolute atomic E-state index is 14.2. The fourth-order valence-corrected chi connectivity index (χ4v) is 4.66. The number of methoxy groups -OCH3 is 1. The second-order valence-corrected chi connectivity index (χ2v) is 9.08. The number of benzene rings is 2. The van der Waals surface area contributed by atoms with E-state index >= 15 is 0 Å². The molecule has 39 heavy (non-hydrogen) atoms. The van der Waals surface area contributed by atoms with Gasteiger partial charge in [-0.2, -0.15) is 18.3 Å². The van der Waals surface area contributed by atoms with E-state index < -0.39 is 41.6 Å². The normalized spacial score (nSPS) is 15.1. The second-order valence-electron chi connectivity index (χ2n) is 9.08. The van der Waals surface area contributed by atoms with Gasteiger partial charge in [-0.1, -0.05) is 24.3 Å². The van der Waals surface area contributed by atoms with E-state index in [1.807, 2.05) is 0 Å². The third-order valence-electron chi connectivity index (χ3n) is 6.59. The lowest BCUT2D eigenvalue weighted by Crippen LogP contribution is -2.37. The number of alkyl halides is 3. The summed E-state index contributed by atoms with van der Waals surface area (Å²) >= 11 is 0. The molecular weight excluding hydrogens is 522 g/mol. The molecule has 1 unspecified atom stereocenters. The molecule has 2 heterocycles. The van der Waals surface area contributed by atoms with Crippen molar-refractivity contribution in [2.24, 2.45) is 11.7 Å². The van der Waals surface area contributed by atoms with Crippen LogP contribution in [0.1, 0.15) is 45.2 Å². The van der Waals surface area contributed by atoms with E-state index in [9.17, 15) is 27.2 Å². The van der Waals surface area contributed by atoms with Crippen molar-refractivity contribution in [2.75, 3.05) is 26.1 Å². The molecule has 1 atom stereocenters. The molecule has 0 aliphatic carbocycles. The summed E-state index contributed by atoms with van der Waals surface area (Å²) in [4.78, 5) is 24.8. The van der Waals surface area contributed by atoms with Gasteiger partial charge in [0, 0.05) is 25.3 Å². The number of carbonyl (C=O) groups is 2. The number of nitrogens with two attached hydrogens (primary N) is 2. The highest BCUT2D eigenvalue weighted by atomic mass is 19.4. The molecule has 208 valence electrons. The third kappa shape index (κ3) is 5.98. The predicted molar refractivity (Wildman–Crippen MR) is 133 cm³/mol. The minimum absolute atomic E-state index is 0.0185. The van der Waals surface area contributed by atoms with Gasteiger partial charge >= 0.3 is 6.18 Å². The van der Waals surface area contributed by atoms with Crippen molar-refractivity contribution in [3.05, 3.63) is 65.0 Å². The van der Waals surface area contributed by atoms with Crippen molar-refractivity contribution >= 4 is 17.6 Å². The Labute approximate surface area is 221 Å². The van der Waals surface area contributed by atoms with E-state index in [4.69, 9.17) is 20.9 Å². The van der Waals surface area contributed by atoms with Crippen LogP contribution in [-0.4, -0.2) is 48.1 Å². The number of hydrogen-bond acceptors (Lipinski definition) is 6. The van der Waals surface area contributed by atoms with Crippen LogP contribution in [0, 0.1) is 11.7 Å². The summed E-state index contributed by atoms with van der Waals surface area (Å²) in [5.74, 6) is -3.27. The number of nitrogens with zero attached hydrogens (tertiary/aromatic N) is 2. The Hall–Kier alpha value is -4.13. The smallest absolute Gasteiger partial charge is 0.411 e. The molecule has 1 saturated heterocycles. The highest BCUT2D eigenvalue weighted by Gasteiger charge is 2.48. The first-order valence-electron chi connectivity index (χ1n) is 12.0. The Kier molecular flexibility index (Phi) is 8.09. The molecule has 1 fully saturated rings. The summed E-state index contributed by atoms with van der Waals surface area (Å²) in [5.41, 5.74) is 12.1.